The molecule has 2 aromatic heterocycles. The number of fused-ring (bicyclic) bond motifs is 1. The van der Waals surface area contributed by atoms with Crippen molar-refractivity contribution in [1.29, 1.82) is 0 Å². The van der Waals surface area contributed by atoms with Gasteiger partial charge in [-0.25, -0.2) is 14.2 Å². The monoisotopic (exact) mass is 303 g/mol. The molecule has 108 valence electrons. The van der Waals surface area contributed by atoms with Crippen LogP contribution >= 0.6 is 0 Å². The van der Waals surface area contributed by atoms with Crippen LogP contribution in [0, 0.1) is 0 Å². The highest BCUT2D eigenvalue weighted by Gasteiger charge is 2.14. The molecule has 0 aliphatic carbocycles. The molecule has 0 amide bonds. The first-order valence-corrected chi connectivity index (χ1v) is 7.52. The van der Waals surface area contributed by atoms with E-state index < -0.39 is 10.8 Å². The molecule has 0 saturated carbocycles. The van der Waals surface area contributed by atoms with Crippen molar-refractivity contribution in [3.05, 3.63) is 42.1 Å². The van der Waals surface area contributed by atoms with E-state index in [-0.39, 0.29) is 11.0 Å². The van der Waals surface area contributed by atoms with Gasteiger partial charge in [-0.2, -0.15) is 0 Å². The fourth-order valence-electron chi connectivity index (χ4n) is 1.87. The van der Waals surface area contributed by atoms with Crippen LogP contribution < -0.4 is 10.5 Å². The second kappa shape index (κ2) is 5.53. The minimum absolute atomic E-state index is 0.167. The number of hydrogen-bond acceptors (Lipinski definition) is 6. The molecule has 0 bridgehead atoms. The Hall–Kier alpha value is -2.41. The number of nitrogens with zero attached hydrogens (tertiary/aromatic N) is 2. The number of nitrogens with two attached hydrogens (primary N) is 1. The highest BCUT2D eigenvalue weighted by molar-refractivity contribution is 7.84. The Balaban J connectivity index is 1.86. The van der Waals surface area contributed by atoms with E-state index in [1.807, 2.05) is 0 Å². The van der Waals surface area contributed by atoms with Gasteiger partial charge in [0.25, 0.3) is 5.22 Å². The number of aromatic nitrogens is 2. The zero-order valence-electron chi connectivity index (χ0n) is 11.3. The molecule has 0 fully saturated rings. The van der Waals surface area contributed by atoms with Gasteiger partial charge in [-0.15, -0.1) is 0 Å². The average Bonchev–Trinajstić information content (AvgIpc) is 2.90. The van der Waals surface area contributed by atoms with E-state index >= 15 is 0 Å². The number of pyridine rings is 1. The second-order valence-electron chi connectivity index (χ2n) is 4.37. The first-order valence-electron chi connectivity index (χ1n) is 6.20. The van der Waals surface area contributed by atoms with Gasteiger partial charge in [0, 0.05) is 11.8 Å². The second-order valence-corrected chi connectivity index (χ2v) is 5.70. The number of oxazole rings is 1. The lowest BCUT2D eigenvalue weighted by Crippen LogP contribution is -2.00. The van der Waals surface area contributed by atoms with Crippen LogP contribution in [0.4, 0.5) is 5.69 Å². The van der Waals surface area contributed by atoms with Gasteiger partial charge in [0.15, 0.2) is 5.58 Å². The Bertz CT molecular complexity index is 816. The maximum Gasteiger partial charge on any atom is 0.288 e. The lowest BCUT2D eigenvalue weighted by Gasteiger charge is -2.01. The third-order valence-corrected chi connectivity index (χ3v) is 3.98. The number of methoxy groups -OCH3 is 1. The molecule has 3 aromatic rings. The number of rotatable bonds is 4. The van der Waals surface area contributed by atoms with E-state index in [0.717, 1.165) is 0 Å². The first kappa shape index (κ1) is 13.6. The smallest absolute Gasteiger partial charge is 0.288 e. The van der Waals surface area contributed by atoms with Crippen molar-refractivity contribution in [1.82, 2.24) is 9.97 Å². The van der Waals surface area contributed by atoms with Crippen LogP contribution in [-0.4, -0.2) is 21.3 Å². The van der Waals surface area contributed by atoms with E-state index in [4.69, 9.17) is 14.9 Å². The van der Waals surface area contributed by atoms with Crippen LogP contribution in [0.5, 0.6) is 5.88 Å². The minimum Gasteiger partial charge on any atom is -0.481 e. The Morgan fingerprint density at radius 2 is 2.14 bits per heavy atom. The van der Waals surface area contributed by atoms with Crippen molar-refractivity contribution < 1.29 is 13.4 Å². The number of benzene rings is 1. The first-order chi connectivity index (χ1) is 10.2. The summed E-state index contributed by atoms with van der Waals surface area (Å²) in [6.07, 6.45) is 0. The largest absolute Gasteiger partial charge is 0.481 e. The SMILES string of the molecule is COc1cccc(CS(=O)c2nc3cc(N)ccc3o2)n1. The van der Waals surface area contributed by atoms with Crippen molar-refractivity contribution in [2.75, 3.05) is 12.8 Å². The lowest BCUT2D eigenvalue weighted by molar-refractivity contribution is 0.396. The molecule has 2 heterocycles. The Morgan fingerprint density at radius 3 is 2.95 bits per heavy atom. The molecule has 2 N–H and O–H groups in total. The minimum atomic E-state index is -1.42. The van der Waals surface area contributed by atoms with Crippen molar-refractivity contribution in [2.45, 2.75) is 11.0 Å². The number of anilines is 1. The Labute approximate surface area is 123 Å². The number of ether oxygens (including phenoxy) is 1. The van der Waals surface area contributed by atoms with E-state index in [1.54, 1.807) is 36.4 Å². The Kier molecular flexibility index (Phi) is 3.57. The molecule has 0 spiro atoms. The fourth-order valence-corrected chi connectivity index (χ4v) is 2.80. The van der Waals surface area contributed by atoms with E-state index in [9.17, 15) is 4.21 Å². The summed E-state index contributed by atoms with van der Waals surface area (Å²) < 4.78 is 22.8. The molecule has 1 unspecified atom stereocenters. The molecule has 0 radical (unpaired) electrons. The van der Waals surface area contributed by atoms with Crippen molar-refractivity contribution in [2.24, 2.45) is 0 Å². The van der Waals surface area contributed by atoms with Gasteiger partial charge in [-0.05, 0) is 24.3 Å². The molecular weight excluding hydrogens is 290 g/mol. The molecule has 21 heavy (non-hydrogen) atoms. The molecule has 0 saturated heterocycles. The molecule has 3 rings (SSSR count). The predicted molar refractivity (Wildman–Crippen MR) is 79.3 cm³/mol. The molecule has 7 heteroatoms. The molecular formula is C14H13N3O3S. The molecule has 6 nitrogen and oxygen atoms in total. The predicted octanol–water partition coefficient (Wildman–Crippen LogP) is 2.12. The number of hydrogen-bond donors (Lipinski definition) is 1. The summed E-state index contributed by atoms with van der Waals surface area (Å²) in [6, 6.07) is 10.4. The maximum absolute atomic E-state index is 12.3. The van der Waals surface area contributed by atoms with Crippen molar-refractivity contribution in [3.63, 3.8) is 0 Å². The Morgan fingerprint density at radius 1 is 1.29 bits per heavy atom. The van der Waals surface area contributed by atoms with Gasteiger partial charge in [-0.3, -0.25) is 0 Å². The highest BCUT2D eigenvalue weighted by atomic mass is 32.2. The van der Waals surface area contributed by atoms with Crippen LogP contribution in [0.2, 0.25) is 0 Å². The standard InChI is InChI=1S/C14H13N3O3S/c1-19-13-4-2-3-10(16-13)8-21(18)14-17-11-7-9(15)5-6-12(11)20-14/h2-7H,8,15H2,1H3. The van der Waals surface area contributed by atoms with Crippen LogP contribution in [0.25, 0.3) is 11.1 Å². The zero-order valence-corrected chi connectivity index (χ0v) is 12.1. The van der Waals surface area contributed by atoms with Gasteiger partial charge >= 0.3 is 0 Å². The van der Waals surface area contributed by atoms with Crippen LogP contribution in [0.15, 0.2) is 46.0 Å². The molecule has 1 aromatic carbocycles. The fraction of sp³-hybridized carbons (Fsp3) is 0.143. The van der Waals surface area contributed by atoms with E-state index in [0.29, 0.717) is 28.4 Å². The third kappa shape index (κ3) is 2.87. The summed E-state index contributed by atoms with van der Waals surface area (Å²) >= 11 is 0. The summed E-state index contributed by atoms with van der Waals surface area (Å²) in [4.78, 5) is 8.43. The van der Waals surface area contributed by atoms with Gasteiger partial charge < -0.3 is 14.9 Å². The summed E-state index contributed by atoms with van der Waals surface area (Å²) in [5.41, 5.74) is 8.07. The van der Waals surface area contributed by atoms with Crippen LogP contribution in [0.3, 0.4) is 0 Å². The quantitative estimate of drug-likeness (QED) is 0.742. The summed E-state index contributed by atoms with van der Waals surface area (Å²) in [7, 11) is 0.115. The van der Waals surface area contributed by atoms with Gasteiger partial charge in [0.05, 0.1) is 18.6 Å². The molecule has 0 aliphatic rings. The van der Waals surface area contributed by atoms with Crippen LogP contribution in [-0.2, 0) is 16.6 Å². The van der Waals surface area contributed by atoms with E-state index in [2.05, 4.69) is 9.97 Å². The molecule has 0 aliphatic heterocycles. The van der Waals surface area contributed by atoms with Crippen molar-refractivity contribution in [3.8, 4) is 5.88 Å². The van der Waals surface area contributed by atoms with Gasteiger partial charge in [0.2, 0.25) is 5.88 Å². The summed E-state index contributed by atoms with van der Waals surface area (Å²) in [5, 5.41) is 0.167. The molecule has 1 atom stereocenters. The van der Waals surface area contributed by atoms with Gasteiger partial charge in [-0.1, -0.05) is 6.07 Å². The third-order valence-electron chi connectivity index (χ3n) is 2.86. The normalized spacial score (nSPS) is 12.4. The topological polar surface area (TPSA) is 91.2 Å². The number of nitrogen functional groups attached to an aromatic ring is 1. The van der Waals surface area contributed by atoms with Crippen LogP contribution in [0.1, 0.15) is 5.69 Å². The zero-order chi connectivity index (χ0) is 14.8. The lowest BCUT2D eigenvalue weighted by atomic mass is 10.3. The van der Waals surface area contributed by atoms with Gasteiger partial charge in [0.1, 0.15) is 16.3 Å². The summed E-state index contributed by atoms with van der Waals surface area (Å²) in [5.74, 6) is 0.689. The highest BCUT2D eigenvalue weighted by Crippen LogP contribution is 2.21. The van der Waals surface area contributed by atoms with Crippen molar-refractivity contribution >= 4 is 27.6 Å². The summed E-state index contributed by atoms with van der Waals surface area (Å²) in [6.45, 7) is 0. The van der Waals surface area contributed by atoms with E-state index in [1.165, 1.54) is 7.11 Å². The average molecular weight is 303 g/mol. The maximum atomic E-state index is 12.3.